The van der Waals surface area contributed by atoms with Gasteiger partial charge in [-0.05, 0) is 50.1 Å². The molecule has 0 unspecified atom stereocenters. The van der Waals surface area contributed by atoms with Crippen molar-refractivity contribution in [3.63, 3.8) is 0 Å². The quantitative estimate of drug-likeness (QED) is 0.462. The van der Waals surface area contributed by atoms with Gasteiger partial charge in [0.2, 0.25) is 0 Å². The molecular weight excluding hydrogens is 327 g/mol. The summed E-state index contributed by atoms with van der Waals surface area (Å²) in [4.78, 5) is 12.4. The van der Waals surface area contributed by atoms with Gasteiger partial charge in [0.1, 0.15) is 0 Å². The van der Waals surface area contributed by atoms with Crippen LogP contribution in [-0.2, 0) is 18.8 Å². The van der Waals surface area contributed by atoms with Crippen molar-refractivity contribution in [2.45, 2.75) is 45.2 Å². The van der Waals surface area contributed by atoms with Crippen LogP contribution in [0.2, 0.25) is 6.32 Å². The summed E-state index contributed by atoms with van der Waals surface area (Å²) in [5, 5.41) is 2.21. The largest absolute Gasteiger partial charge is 0.466 e. The second-order valence-corrected chi connectivity index (χ2v) is 7.62. The Balaban J connectivity index is 1.94. The summed E-state index contributed by atoms with van der Waals surface area (Å²) in [5.41, 5.74) is 0.638. The number of hydrogen-bond donors (Lipinski definition) is 0. The van der Waals surface area contributed by atoms with Crippen molar-refractivity contribution in [2.24, 2.45) is 0 Å². The highest BCUT2D eigenvalue weighted by atomic mass is 16.7. The summed E-state index contributed by atoms with van der Waals surface area (Å²) in [7, 11) is 0.907. The number of benzene rings is 2. The second-order valence-electron chi connectivity index (χ2n) is 7.62. The van der Waals surface area contributed by atoms with Crippen molar-refractivity contribution < 1.29 is 18.8 Å². The lowest BCUT2D eigenvalue weighted by Crippen LogP contribution is -2.41. The second kappa shape index (κ2) is 6.90. The molecule has 2 aromatic carbocycles. The molecule has 0 radical (unpaired) electrons. The van der Waals surface area contributed by atoms with Crippen LogP contribution in [0.5, 0.6) is 0 Å². The van der Waals surface area contributed by atoms with E-state index in [4.69, 9.17) is 14.0 Å². The Hall–Kier alpha value is -2.11. The number of carbonyl (C=O) groups is 1. The standard InChI is InChI=1S/C21H25BO4/c1-20(2)21(3,4)26-22(25-20)14-17(19(23)24-5)13-16-11-8-10-15-9-6-7-12-18(15)16/h6-13H,14H2,1-5H3/b17-13+. The van der Waals surface area contributed by atoms with Gasteiger partial charge in [-0.2, -0.15) is 0 Å². The van der Waals surface area contributed by atoms with E-state index < -0.39 is 18.3 Å². The van der Waals surface area contributed by atoms with Gasteiger partial charge in [-0.15, -0.1) is 0 Å². The van der Waals surface area contributed by atoms with Crippen molar-refractivity contribution in [1.82, 2.24) is 0 Å². The van der Waals surface area contributed by atoms with Crippen LogP contribution in [0, 0.1) is 0 Å². The lowest BCUT2D eigenvalue weighted by molar-refractivity contribution is -0.135. The molecule has 1 aliphatic rings. The minimum absolute atomic E-state index is 0.336. The average molecular weight is 352 g/mol. The molecule has 5 heteroatoms. The van der Waals surface area contributed by atoms with Crippen LogP contribution in [0.4, 0.5) is 0 Å². The first-order valence-electron chi connectivity index (χ1n) is 8.86. The first-order chi connectivity index (χ1) is 12.2. The molecule has 0 aliphatic carbocycles. The summed E-state index contributed by atoms with van der Waals surface area (Å²) in [6.45, 7) is 8.00. The molecule has 0 amide bonds. The molecule has 1 fully saturated rings. The first kappa shape index (κ1) is 18.7. The predicted octanol–water partition coefficient (Wildman–Crippen LogP) is 4.49. The minimum Gasteiger partial charge on any atom is -0.466 e. The molecular formula is C21H25BO4. The summed E-state index contributed by atoms with van der Waals surface area (Å²) < 4.78 is 17.1. The van der Waals surface area contributed by atoms with Crippen LogP contribution >= 0.6 is 0 Å². The van der Waals surface area contributed by atoms with Crippen molar-refractivity contribution in [3.8, 4) is 0 Å². The summed E-state index contributed by atoms with van der Waals surface area (Å²) in [6, 6.07) is 14.1. The van der Waals surface area contributed by atoms with Gasteiger partial charge in [-0.3, -0.25) is 0 Å². The Morgan fingerprint density at radius 2 is 1.65 bits per heavy atom. The molecule has 26 heavy (non-hydrogen) atoms. The van der Waals surface area contributed by atoms with Crippen LogP contribution in [0.15, 0.2) is 48.0 Å². The Morgan fingerprint density at radius 3 is 2.31 bits per heavy atom. The normalized spacial score (nSPS) is 19.0. The first-order valence-corrected chi connectivity index (χ1v) is 8.86. The van der Waals surface area contributed by atoms with Gasteiger partial charge in [0, 0.05) is 11.9 Å². The number of esters is 1. The van der Waals surface area contributed by atoms with Crippen LogP contribution in [0.1, 0.15) is 33.3 Å². The number of methoxy groups -OCH3 is 1. The van der Waals surface area contributed by atoms with E-state index in [1.54, 1.807) is 0 Å². The van der Waals surface area contributed by atoms with Gasteiger partial charge in [-0.25, -0.2) is 4.79 Å². The molecule has 4 nitrogen and oxygen atoms in total. The maximum absolute atomic E-state index is 12.4. The zero-order valence-corrected chi connectivity index (χ0v) is 16.0. The summed E-state index contributed by atoms with van der Waals surface area (Å²) in [6.07, 6.45) is 2.21. The van der Waals surface area contributed by atoms with Gasteiger partial charge in [0.25, 0.3) is 0 Å². The van der Waals surface area contributed by atoms with Crippen LogP contribution < -0.4 is 0 Å². The Morgan fingerprint density at radius 1 is 1.04 bits per heavy atom. The Labute approximate surface area is 155 Å². The molecule has 1 aliphatic heterocycles. The lowest BCUT2D eigenvalue weighted by atomic mass is 9.79. The molecule has 0 spiro atoms. The number of carbonyl (C=O) groups excluding carboxylic acids is 1. The Bertz CT molecular complexity index is 833. The van der Waals surface area contributed by atoms with E-state index in [2.05, 4.69) is 12.1 Å². The highest BCUT2D eigenvalue weighted by Crippen LogP contribution is 2.38. The third-order valence-electron chi connectivity index (χ3n) is 5.29. The smallest absolute Gasteiger partial charge is 0.462 e. The number of fused-ring (bicyclic) bond motifs is 1. The Kier molecular flexibility index (Phi) is 4.95. The minimum atomic E-state index is -0.486. The number of rotatable bonds is 4. The molecule has 1 heterocycles. The highest BCUT2D eigenvalue weighted by Gasteiger charge is 2.51. The molecule has 2 aromatic rings. The van der Waals surface area contributed by atoms with E-state index >= 15 is 0 Å². The maximum Gasteiger partial charge on any atom is 0.462 e. The molecule has 3 rings (SSSR count). The third kappa shape index (κ3) is 3.55. The van der Waals surface area contributed by atoms with Gasteiger partial charge < -0.3 is 14.0 Å². The van der Waals surface area contributed by atoms with E-state index in [1.165, 1.54) is 7.11 Å². The topological polar surface area (TPSA) is 44.8 Å². The monoisotopic (exact) mass is 352 g/mol. The fraction of sp³-hybridized carbons (Fsp3) is 0.381. The van der Waals surface area contributed by atoms with E-state index in [0.717, 1.165) is 16.3 Å². The number of hydrogen-bond acceptors (Lipinski definition) is 4. The molecule has 0 bridgehead atoms. The van der Waals surface area contributed by atoms with Crippen LogP contribution in [0.3, 0.4) is 0 Å². The van der Waals surface area contributed by atoms with Gasteiger partial charge >= 0.3 is 13.1 Å². The van der Waals surface area contributed by atoms with Gasteiger partial charge in [-0.1, -0.05) is 42.5 Å². The van der Waals surface area contributed by atoms with E-state index in [1.807, 2.05) is 64.1 Å². The maximum atomic E-state index is 12.4. The zero-order valence-electron chi connectivity index (χ0n) is 16.0. The molecule has 1 saturated heterocycles. The van der Waals surface area contributed by atoms with Crippen molar-refractivity contribution in [2.75, 3.05) is 7.11 Å². The predicted molar refractivity (Wildman–Crippen MR) is 105 cm³/mol. The van der Waals surface area contributed by atoms with E-state index in [-0.39, 0.29) is 5.97 Å². The summed E-state index contributed by atoms with van der Waals surface area (Å²) >= 11 is 0. The zero-order chi connectivity index (χ0) is 18.9. The SMILES string of the molecule is COC(=O)/C(=C/c1cccc2ccccc12)CB1OC(C)(C)C(C)(C)O1. The van der Waals surface area contributed by atoms with Gasteiger partial charge in [0.15, 0.2) is 0 Å². The number of ether oxygens (including phenoxy) is 1. The van der Waals surface area contributed by atoms with Crippen molar-refractivity contribution in [3.05, 3.63) is 53.6 Å². The van der Waals surface area contributed by atoms with E-state index in [9.17, 15) is 4.79 Å². The average Bonchev–Trinajstić information content (AvgIpc) is 2.80. The van der Waals surface area contributed by atoms with Crippen molar-refractivity contribution >= 4 is 29.9 Å². The fourth-order valence-electron chi connectivity index (χ4n) is 3.12. The van der Waals surface area contributed by atoms with Crippen LogP contribution in [-0.4, -0.2) is 31.4 Å². The molecule has 0 atom stereocenters. The van der Waals surface area contributed by atoms with Gasteiger partial charge in [0.05, 0.1) is 18.3 Å². The molecule has 0 aromatic heterocycles. The molecule has 136 valence electrons. The molecule has 0 N–H and O–H groups in total. The van der Waals surface area contributed by atoms with E-state index in [0.29, 0.717) is 11.9 Å². The summed E-state index contributed by atoms with van der Waals surface area (Å²) in [5.74, 6) is -0.368. The molecule has 0 saturated carbocycles. The lowest BCUT2D eigenvalue weighted by Gasteiger charge is -2.32. The van der Waals surface area contributed by atoms with Crippen molar-refractivity contribution in [1.29, 1.82) is 0 Å². The highest BCUT2D eigenvalue weighted by molar-refractivity contribution is 6.47. The fourth-order valence-corrected chi connectivity index (χ4v) is 3.12. The third-order valence-corrected chi connectivity index (χ3v) is 5.29. The van der Waals surface area contributed by atoms with Crippen LogP contribution in [0.25, 0.3) is 16.8 Å².